The topological polar surface area (TPSA) is 47.9 Å². The van der Waals surface area contributed by atoms with Gasteiger partial charge in [0.25, 0.3) is 0 Å². The molecule has 72 valence electrons. The summed E-state index contributed by atoms with van der Waals surface area (Å²) in [5.74, 6) is 0. The second-order valence-corrected chi connectivity index (χ2v) is 3.58. The Hall–Kier alpha value is 1.30. The van der Waals surface area contributed by atoms with E-state index in [0.29, 0.717) is 13.0 Å². The van der Waals surface area contributed by atoms with Crippen molar-refractivity contribution in [3.8, 4) is 0 Å². The molecule has 0 aromatic rings. The van der Waals surface area contributed by atoms with Gasteiger partial charge < -0.3 is 16.0 Å². The van der Waals surface area contributed by atoms with Gasteiger partial charge >= 0.3 is 0 Å². The lowest BCUT2D eigenvalue weighted by Crippen LogP contribution is -2.31. The van der Waals surface area contributed by atoms with E-state index in [1.54, 1.807) is 0 Å². The van der Waals surface area contributed by atoms with Crippen LogP contribution in [0.15, 0.2) is 0 Å². The molecule has 1 aliphatic heterocycles. The minimum Gasteiger partial charge on any atom is -0.396 e. The lowest BCUT2D eigenvalue weighted by atomic mass is 10.1. The molecule has 0 aromatic heterocycles. The van der Waals surface area contributed by atoms with Gasteiger partial charge in [-0.15, -0.1) is 0 Å². The van der Waals surface area contributed by atoms with Gasteiger partial charge in [-0.05, 0) is 6.42 Å². The second-order valence-electron chi connectivity index (χ2n) is 2.57. The van der Waals surface area contributed by atoms with Gasteiger partial charge in [-0.1, -0.05) is 0 Å². The van der Waals surface area contributed by atoms with Crippen LogP contribution in [0.4, 0.5) is 0 Å². The molecule has 1 aliphatic rings. The van der Waals surface area contributed by atoms with Gasteiger partial charge in [-0.3, -0.25) is 0 Å². The molecule has 0 bridgehead atoms. The number of aliphatic hydroxyl groups is 1. The van der Waals surface area contributed by atoms with Crippen LogP contribution in [0.5, 0.6) is 0 Å². The number of hydrogen-bond acceptors (Lipinski definition) is 4. The smallest absolute Gasteiger partial charge is 0.126 e. The summed E-state index contributed by atoms with van der Waals surface area (Å²) in [6.45, 7) is 0.663. The summed E-state index contributed by atoms with van der Waals surface area (Å²) in [5, 5.41) is 8.72. The van der Waals surface area contributed by atoms with Crippen LogP contribution in [0, 0.1) is 0 Å². The summed E-state index contributed by atoms with van der Waals surface area (Å²) >= 11 is 3.68. The molecule has 12 heavy (non-hydrogen) atoms. The molecule has 0 aliphatic carbocycles. The van der Waals surface area contributed by atoms with Gasteiger partial charge in [0.2, 0.25) is 0 Å². The van der Waals surface area contributed by atoms with E-state index in [1.807, 2.05) is 46.0 Å². The average Bonchev–Trinajstić information content (AvgIpc) is 2.47. The van der Waals surface area contributed by atoms with Gasteiger partial charge in [0, 0.05) is 6.61 Å². The Balaban J connectivity index is 2.44. The van der Waals surface area contributed by atoms with Crippen molar-refractivity contribution in [1.82, 2.24) is 0 Å². The van der Waals surface area contributed by atoms with Gasteiger partial charge in [0.1, 0.15) is 58.2 Å². The summed E-state index contributed by atoms with van der Waals surface area (Å²) in [5.41, 5.74) is 0. The van der Waals surface area contributed by atoms with Crippen molar-refractivity contribution in [2.24, 2.45) is 0 Å². The molecule has 1 saturated heterocycles. The van der Waals surface area contributed by atoms with Gasteiger partial charge in [-0.25, -0.2) is 0 Å². The molecular weight excluding hydrogens is 390 g/mol. The highest BCUT2D eigenvalue weighted by Crippen LogP contribution is 2.25. The Bertz CT molecular complexity index is 135. The fourth-order valence-corrected chi connectivity index (χ4v) is 2.30. The van der Waals surface area contributed by atoms with Gasteiger partial charge in [0.05, 0.1) is 12.7 Å². The van der Waals surface area contributed by atoms with Gasteiger partial charge in [-0.2, -0.15) is 0 Å². The number of ether oxygens (including phenoxy) is 1. The second kappa shape index (κ2) is 5.91. The molecule has 1 heterocycles. The first kappa shape index (κ1) is 11.4. The minimum absolute atomic E-state index is 0.0148. The maximum atomic E-state index is 8.72. The zero-order valence-electron chi connectivity index (χ0n) is 6.28. The summed E-state index contributed by atoms with van der Waals surface area (Å²) in [4.78, 5) is 0. The molecule has 0 amide bonds. The quantitative estimate of drug-likeness (QED) is 0.722. The molecule has 6 heteroatoms. The molecule has 1 N–H and O–H groups in total. The zero-order chi connectivity index (χ0) is 8.97. The molecule has 3 unspecified atom stereocenters. The van der Waals surface area contributed by atoms with Crippen LogP contribution in [0.2, 0.25) is 0 Å². The van der Waals surface area contributed by atoms with Crippen LogP contribution in [-0.2, 0) is 10.9 Å². The summed E-state index contributed by atoms with van der Waals surface area (Å²) in [6.07, 6.45) is 0.491. The van der Waals surface area contributed by atoms with Crippen molar-refractivity contribution in [2.75, 3.05) is 13.2 Å². The number of rotatable bonds is 4. The van der Waals surface area contributed by atoms with E-state index in [-0.39, 0.29) is 24.9 Å². The molecule has 3 atom stereocenters. The van der Waals surface area contributed by atoms with E-state index in [1.165, 1.54) is 0 Å². The normalized spacial score (nSPS) is 35.8. The van der Waals surface area contributed by atoms with E-state index in [9.17, 15) is 0 Å². The van der Waals surface area contributed by atoms with E-state index < -0.39 is 0 Å². The molecule has 0 spiro atoms. The summed E-state index contributed by atoms with van der Waals surface area (Å²) in [7, 11) is 0. The van der Waals surface area contributed by atoms with Gasteiger partial charge in [0.15, 0.2) is 0 Å². The molecule has 4 nitrogen and oxygen atoms in total. The largest absolute Gasteiger partial charge is 0.396 e. The first-order valence-electron chi connectivity index (χ1n) is 3.60. The average molecular weight is 400 g/mol. The maximum Gasteiger partial charge on any atom is 0.126 e. The van der Waals surface area contributed by atoms with Crippen molar-refractivity contribution in [3.05, 3.63) is 0 Å². The lowest BCUT2D eigenvalue weighted by Gasteiger charge is -2.17. The highest BCUT2D eigenvalue weighted by atomic mass is 127. The maximum absolute atomic E-state index is 8.72. The predicted octanol–water partition coefficient (Wildman–Crippen LogP) is 1.24. The van der Waals surface area contributed by atoms with Crippen LogP contribution in [0.1, 0.15) is 6.42 Å². The summed E-state index contributed by atoms with van der Waals surface area (Å²) in [6, 6.07) is 0. The van der Waals surface area contributed by atoms with Crippen molar-refractivity contribution in [2.45, 2.75) is 24.7 Å². The van der Waals surface area contributed by atoms with Crippen LogP contribution in [0.25, 0.3) is 0 Å². The van der Waals surface area contributed by atoms with E-state index in [4.69, 9.17) is 16.0 Å². The SMILES string of the molecule is OCCC1OCC(OI)C1OI. The van der Waals surface area contributed by atoms with Crippen LogP contribution in [-0.4, -0.2) is 36.6 Å². The molecular formula is C6H10I2O4. The zero-order valence-corrected chi connectivity index (χ0v) is 10.6. The minimum atomic E-state index is -0.0605. The Kier molecular flexibility index (Phi) is 5.60. The van der Waals surface area contributed by atoms with Crippen molar-refractivity contribution < 1.29 is 16.0 Å². The standard InChI is InChI=1S/C6H10I2O4/c7-11-5-3-10-4(1-2-9)6(5)12-8/h4-6,9H,1-3H2. The monoisotopic (exact) mass is 400 g/mol. The molecule has 0 saturated carbocycles. The number of halogens is 2. The fraction of sp³-hybridized carbons (Fsp3) is 1.00. The Morgan fingerprint density at radius 2 is 2.17 bits per heavy atom. The highest BCUT2D eigenvalue weighted by Gasteiger charge is 2.38. The van der Waals surface area contributed by atoms with Crippen molar-refractivity contribution in [1.29, 1.82) is 0 Å². The molecule has 1 rings (SSSR count). The third-order valence-corrected chi connectivity index (χ3v) is 3.08. The summed E-state index contributed by atoms with van der Waals surface area (Å²) < 4.78 is 15.7. The first-order chi connectivity index (χ1) is 5.83. The molecule has 1 fully saturated rings. The first-order valence-corrected chi connectivity index (χ1v) is 5.37. The third-order valence-electron chi connectivity index (χ3n) is 1.84. The Labute approximate surface area is 99.3 Å². The van der Waals surface area contributed by atoms with E-state index in [2.05, 4.69) is 0 Å². The number of hydrogen-bond donors (Lipinski definition) is 1. The van der Waals surface area contributed by atoms with Crippen molar-refractivity contribution in [3.63, 3.8) is 0 Å². The van der Waals surface area contributed by atoms with Crippen LogP contribution >= 0.6 is 46.0 Å². The van der Waals surface area contributed by atoms with E-state index in [0.717, 1.165) is 0 Å². The third kappa shape index (κ3) is 2.64. The van der Waals surface area contributed by atoms with Crippen LogP contribution in [0.3, 0.4) is 0 Å². The predicted molar refractivity (Wildman–Crippen MR) is 59.2 cm³/mol. The van der Waals surface area contributed by atoms with E-state index >= 15 is 0 Å². The molecule has 0 radical (unpaired) electrons. The Morgan fingerprint density at radius 1 is 1.42 bits per heavy atom. The van der Waals surface area contributed by atoms with Crippen molar-refractivity contribution >= 4 is 46.0 Å². The van der Waals surface area contributed by atoms with Crippen LogP contribution < -0.4 is 0 Å². The fourth-order valence-electron chi connectivity index (χ4n) is 1.21. The Morgan fingerprint density at radius 3 is 2.67 bits per heavy atom. The number of aliphatic hydroxyl groups excluding tert-OH is 1. The lowest BCUT2D eigenvalue weighted by molar-refractivity contribution is 0.0487. The molecule has 0 aromatic carbocycles. The highest BCUT2D eigenvalue weighted by molar-refractivity contribution is 14.1.